The SMILES string of the molecule is O=S1CCC(n2c(CCCl)nc3c(F)cccc32)CC1. The van der Waals surface area contributed by atoms with Gasteiger partial charge in [-0.2, -0.15) is 0 Å². The molecule has 1 fully saturated rings. The van der Waals surface area contributed by atoms with Crippen molar-refractivity contribution >= 4 is 33.4 Å². The summed E-state index contributed by atoms with van der Waals surface area (Å²) in [5.74, 6) is 2.41. The second-order valence-electron chi connectivity index (χ2n) is 5.02. The van der Waals surface area contributed by atoms with Gasteiger partial charge in [-0.05, 0) is 25.0 Å². The van der Waals surface area contributed by atoms with E-state index in [1.807, 2.05) is 6.07 Å². The van der Waals surface area contributed by atoms with Gasteiger partial charge in [-0.3, -0.25) is 4.21 Å². The number of fused-ring (bicyclic) bond motifs is 1. The minimum Gasteiger partial charge on any atom is -0.325 e. The molecule has 2 heterocycles. The number of rotatable bonds is 3. The molecule has 0 amide bonds. The first kappa shape index (κ1) is 14.0. The Morgan fingerprint density at radius 2 is 2.15 bits per heavy atom. The number of hydrogen-bond acceptors (Lipinski definition) is 2. The quantitative estimate of drug-likeness (QED) is 0.816. The van der Waals surface area contributed by atoms with Crippen LogP contribution in [0.1, 0.15) is 24.7 Å². The molecule has 3 rings (SSSR count). The molecule has 1 aliphatic rings. The first-order chi connectivity index (χ1) is 9.70. The molecule has 2 aromatic rings. The highest BCUT2D eigenvalue weighted by atomic mass is 35.5. The van der Waals surface area contributed by atoms with Gasteiger partial charge in [0.1, 0.15) is 11.3 Å². The molecule has 0 atom stereocenters. The fourth-order valence-electron chi connectivity index (χ4n) is 2.84. The van der Waals surface area contributed by atoms with Gasteiger partial charge in [-0.1, -0.05) is 6.07 Å². The maximum atomic E-state index is 13.9. The molecule has 1 saturated heterocycles. The first-order valence-electron chi connectivity index (χ1n) is 6.77. The number of para-hydroxylation sites is 1. The summed E-state index contributed by atoms with van der Waals surface area (Å²) >= 11 is 5.84. The first-order valence-corrected chi connectivity index (χ1v) is 8.79. The number of benzene rings is 1. The molecular weight excluding hydrogens is 299 g/mol. The van der Waals surface area contributed by atoms with E-state index >= 15 is 0 Å². The second kappa shape index (κ2) is 5.82. The lowest BCUT2D eigenvalue weighted by molar-refractivity contribution is 0.459. The third kappa shape index (κ3) is 2.49. The van der Waals surface area contributed by atoms with Crippen molar-refractivity contribution in [1.29, 1.82) is 0 Å². The Kier molecular flexibility index (Phi) is 4.08. The molecule has 1 aromatic heterocycles. The van der Waals surface area contributed by atoms with Crippen LogP contribution in [0.4, 0.5) is 4.39 Å². The normalized spacial score (nSPS) is 23.3. The van der Waals surface area contributed by atoms with Gasteiger partial charge in [0, 0.05) is 40.6 Å². The molecule has 0 N–H and O–H groups in total. The molecule has 108 valence electrons. The van der Waals surface area contributed by atoms with E-state index in [2.05, 4.69) is 9.55 Å². The molecule has 1 aromatic carbocycles. The van der Waals surface area contributed by atoms with E-state index in [1.165, 1.54) is 6.07 Å². The summed E-state index contributed by atoms with van der Waals surface area (Å²) < 4.78 is 27.5. The fourth-order valence-corrected chi connectivity index (χ4v) is 4.28. The number of imidazole rings is 1. The summed E-state index contributed by atoms with van der Waals surface area (Å²) in [6.07, 6.45) is 2.32. The summed E-state index contributed by atoms with van der Waals surface area (Å²) in [6, 6.07) is 5.29. The smallest absolute Gasteiger partial charge is 0.151 e. The fraction of sp³-hybridized carbons (Fsp3) is 0.500. The average Bonchev–Trinajstić information content (AvgIpc) is 2.80. The van der Waals surface area contributed by atoms with E-state index in [4.69, 9.17) is 11.6 Å². The minimum atomic E-state index is -0.705. The van der Waals surface area contributed by atoms with Crippen molar-refractivity contribution in [2.24, 2.45) is 0 Å². The predicted molar refractivity (Wildman–Crippen MR) is 80.3 cm³/mol. The molecule has 0 aliphatic carbocycles. The van der Waals surface area contributed by atoms with Crippen LogP contribution >= 0.6 is 11.6 Å². The molecule has 0 spiro atoms. The molecule has 3 nitrogen and oxygen atoms in total. The lowest BCUT2D eigenvalue weighted by atomic mass is 10.1. The van der Waals surface area contributed by atoms with Crippen molar-refractivity contribution in [2.45, 2.75) is 25.3 Å². The molecule has 0 radical (unpaired) electrons. The van der Waals surface area contributed by atoms with E-state index in [0.29, 0.717) is 29.3 Å². The Balaban J connectivity index is 2.09. The van der Waals surface area contributed by atoms with Crippen molar-refractivity contribution in [3.63, 3.8) is 0 Å². The molecule has 0 saturated carbocycles. The van der Waals surface area contributed by atoms with Crippen LogP contribution in [0, 0.1) is 5.82 Å². The topological polar surface area (TPSA) is 34.9 Å². The third-order valence-corrected chi connectivity index (χ3v) is 5.36. The van der Waals surface area contributed by atoms with Crippen LogP contribution in [0.15, 0.2) is 18.2 Å². The van der Waals surface area contributed by atoms with Gasteiger partial charge >= 0.3 is 0 Å². The Hall–Kier alpha value is -0.940. The second-order valence-corrected chi connectivity index (χ2v) is 7.10. The summed E-state index contributed by atoms with van der Waals surface area (Å²) in [4.78, 5) is 4.42. The molecule has 0 bridgehead atoms. The summed E-state index contributed by atoms with van der Waals surface area (Å²) in [5.41, 5.74) is 1.24. The van der Waals surface area contributed by atoms with E-state index in [9.17, 15) is 8.60 Å². The van der Waals surface area contributed by atoms with Gasteiger partial charge in [0.25, 0.3) is 0 Å². The largest absolute Gasteiger partial charge is 0.325 e. The lowest BCUT2D eigenvalue weighted by Crippen LogP contribution is -2.23. The Morgan fingerprint density at radius 1 is 1.40 bits per heavy atom. The highest BCUT2D eigenvalue weighted by Gasteiger charge is 2.24. The summed E-state index contributed by atoms with van der Waals surface area (Å²) in [6.45, 7) is 0. The van der Waals surface area contributed by atoms with Crippen molar-refractivity contribution < 1.29 is 8.60 Å². The maximum absolute atomic E-state index is 13.9. The van der Waals surface area contributed by atoms with Gasteiger partial charge in [0.15, 0.2) is 5.82 Å². The standard InChI is InChI=1S/C14H16ClFN2OS/c15-7-4-13-17-14-11(16)2-1-3-12(14)18(13)10-5-8-20(19)9-6-10/h1-3,10H,4-9H2. The van der Waals surface area contributed by atoms with Crippen molar-refractivity contribution in [3.8, 4) is 0 Å². The average molecular weight is 315 g/mol. The zero-order valence-corrected chi connectivity index (χ0v) is 12.6. The van der Waals surface area contributed by atoms with E-state index < -0.39 is 10.8 Å². The monoisotopic (exact) mass is 314 g/mol. The van der Waals surface area contributed by atoms with Crippen LogP contribution in [-0.4, -0.2) is 31.1 Å². The maximum Gasteiger partial charge on any atom is 0.151 e. The van der Waals surface area contributed by atoms with E-state index in [0.717, 1.165) is 24.2 Å². The van der Waals surface area contributed by atoms with E-state index in [-0.39, 0.29) is 11.9 Å². The molecule has 6 heteroatoms. The predicted octanol–water partition coefficient (Wildman–Crippen LogP) is 3.04. The summed E-state index contributed by atoms with van der Waals surface area (Å²) in [5, 5.41) is 0. The number of aromatic nitrogens is 2. The van der Waals surface area contributed by atoms with Crippen molar-refractivity contribution in [3.05, 3.63) is 29.8 Å². The number of halogens is 2. The Bertz CT molecular complexity index is 648. The van der Waals surface area contributed by atoms with Gasteiger partial charge < -0.3 is 4.57 Å². The Labute approximate surface area is 124 Å². The van der Waals surface area contributed by atoms with E-state index in [1.54, 1.807) is 6.07 Å². The summed E-state index contributed by atoms with van der Waals surface area (Å²) in [7, 11) is -0.705. The highest BCUT2D eigenvalue weighted by Crippen LogP contribution is 2.30. The van der Waals surface area contributed by atoms with Gasteiger partial charge in [0.2, 0.25) is 0 Å². The van der Waals surface area contributed by atoms with Crippen LogP contribution in [-0.2, 0) is 17.2 Å². The third-order valence-electron chi connectivity index (χ3n) is 3.78. The zero-order valence-electron chi connectivity index (χ0n) is 11.0. The highest BCUT2D eigenvalue weighted by molar-refractivity contribution is 7.85. The van der Waals surface area contributed by atoms with Gasteiger partial charge in [-0.25, -0.2) is 9.37 Å². The zero-order chi connectivity index (χ0) is 14.1. The van der Waals surface area contributed by atoms with Crippen LogP contribution in [0.3, 0.4) is 0 Å². The number of aryl methyl sites for hydroxylation is 1. The minimum absolute atomic E-state index is 0.248. The van der Waals surface area contributed by atoms with Gasteiger partial charge in [-0.15, -0.1) is 11.6 Å². The van der Waals surface area contributed by atoms with Crippen LogP contribution in [0.25, 0.3) is 11.0 Å². The van der Waals surface area contributed by atoms with Crippen molar-refractivity contribution in [1.82, 2.24) is 9.55 Å². The number of alkyl halides is 1. The Morgan fingerprint density at radius 3 is 2.85 bits per heavy atom. The van der Waals surface area contributed by atoms with Gasteiger partial charge in [0.05, 0.1) is 5.52 Å². The van der Waals surface area contributed by atoms with Crippen LogP contribution in [0.2, 0.25) is 0 Å². The van der Waals surface area contributed by atoms with Crippen LogP contribution < -0.4 is 0 Å². The lowest BCUT2D eigenvalue weighted by Gasteiger charge is -2.25. The molecule has 0 unspecified atom stereocenters. The van der Waals surface area contributed by atoms with Crippen molar-refractivity contribution in [2.75, 3.05) is 17.4 Å². The number of nitrogens with zero attached hydrogens (tertiary/aromatic N) is 2. The van der Waals surface area contributed by atoms with Crippen LogP contribution in [0.5, 0.6) is 0 Å². The molecular formula is C14H16ClFN2OS. The molecule has 1 aliphatic heterocycles. The molecule has 20 heavy (non-hydrogen) atoms. The number of hydrogen-bond donors (Lipinski definition) is 0.